The van der Waals surface area contributed by atoms with Crippen molar-refractivity contribution in [1.82, 2.24) is 16.0 Å². The lowest BCUT2D eigenvalue weighted by Gasteiger charge is -2.15. The Morgan fingerprint density at radius 3 is 2.00 bits per heavy atom. The van der Waals surface area contributed by atoms with Gasteiger partial charge in [0.1, 0.15) is 19.2 Å². The molecule has 0 bridgehead atoms. The molecule has 0 aliphatic carbocycles. The number of carboxylic acid groups (broad SMARTS) is 1. The number of amides is 3. The molecule has 164 valence electrons. The first-order chi connectivity index (χ1) is 14.9. The first-order valence-electron chi connectivity index (χ1n) is 9.71. The molecule has 0 aliphatic rings. The van der Waals surface area contributed by atoms with Gasteiger partial charge in [-0.15, -0.1) is 0 Å². The molecular formula is C22H25N3O6. The van der Waals surface area contributed by atoms with Crippen molar-refractivity contribution in [3.05, 3.63) is 71.8 Å². The first kappa shape index (κ1) is 23.4. The van der Waals surface area contributed by atoms with Gasteiger partial charge >= 0.3 is 12.1 Å². The van der Waals surface area contributed by atoms with Crippen LogP contribution in [0.5, 0.6) is 0 Å². The topological polar surface area (TPSA) is 134 Å². The quantitative estimate of drug-likeness (QED) is 0.426. The number of carbonyl (C=O) groups is 4. The Morgan fingerprint density at radius 2 is 1.39 bits per heavy atom. The molecule has 9 heteroatoms. The molecule has 31 heavy (non-hydrogen) atoms. The molecule has 3 amide bonds. The van der Waals surface area contributed by atoms with E-state index in [-0.39, 0.29) is 19.6 Å². The maximum atomic E-state index is 12.0. The zero-order valence-corrected chi connectivity index (χ0v) is 16.9. The number of carboxylic acids is 1. The second-order valence-electron chi connectivity index (χ2n) is 6.67. The van der Waals surface area contributed by atoms with Crippen LogP contribution in [0, 0.1) is 0 Å². The average molecular weight is 427 g/mol. The molecule has 1 atom stereocenters. The maximum Gasteiger partial charge on any atom is 0.407 e. The van der Waals surface area contributed by atoms with Crippen LogP contribution in [0.1, 0.15) is 17.5 Å². The van der Waals surface area contributed by atoms with Crippen LogP contribution in [-0.4, -0.2) is 48.1 Å². The summed E-state index contributed by atoms with van der Waals surface area (Å²) < 4.78 is 4.97. The zero-order valence-electron chi connectivity index (χ0n) is 16.9. The van der Waals surface area contributed by atoms with Crippen molar-refractivity contribution in [2.75, 3.05) is 13.1 Å². The number of nitrogens with one attached hydrogen (secondary N) is 3. The lowest BCUT2D eigenvalue weighted by molar-refractivity contribution is -0.141. The molecule has 2 rings (SSSR count). The van der Waals surface area contributed by atoms with E-state index in [0.29, 0.717) is 6.42 Å². The second-order valence-corrected chi connectivity index (χ2v) is 6.67. The van der Waals surface area contributed by atoms with Gasteiger partial charge in [-0.3, -0.25) is 9.59 Å². The van der Waals surface area contributed by atoms with E-state index >= 15 is 0 Å². The molecule has 0 saturated carbocycles. The van der Waals surface area contributed by atoms with Crippen molar-refractivity contribution in [1.29, 1.82) is 0 Å². The predicted molar refractivity (Wildman–Crippen MR) is 112 cm³/mol. The second kappa shape index (κ2) is 12.6. The van der Waals surface area contributed by atoms with Gasteiger partial charge in [0.05, 0.1) is 6.54 Å². The van der Waals surface area contributed by atoms with Crippen molar-refractivity contribution in [2.24, 2.45) is 0 Å². The minimum absolute atomic E-state index is 0.0657. The number of hydrogen-bond acceptors (Lipinski definition) is 5. The monoisotopic (exact) mass is 427 g/mol. The van der Waals surface area contributed by atoms with E-state index in [9.17, 15) is 24.3 Å². The number of rotatable bonds is 11. The highest BCUT2D eigenvalue weighted by Crippen LogP contribution is 2.05. The molecule has 0 heterocycles. The third kappa shape index (κ3) is 9.44. The van der Waals surface area contributed by atoms with Crippen molar-refractivity contribution >= 4 is 23.9 Å². The summed E-state index contributed by atoms with van der Waals surface area (Å²) in [4.78, 5) is 46.7. The van der Waals surface area contributed by atoms with Crippen molar-refractivity contribution in [2.45, 2.75) is 25.5 Å². The number of aryl methyl sites for hydroxylation is 1. The van der Waals surface area contributed by atoms with Crippen LogP contribution in [0.15, 0.2) is 60.7 Å². The Labute approximate surface area is 179 Å². The summed E-state index contributed by atoms with van der Waals surface area (Å²) in [5.74, 6) is -2.40. The van der Waals surface area contributed by atoms with Crippen LogP contribution in [0.2, 0.25) is 0 Å². The first-order valence-corrected chi connectivity index (χ1v) is 9.71. The normalized spacial score (nSPS) is 11.1. The van der Waals surface area contributed by atoms with E-state index in [0.717, 1.165) is 11.1 Å². The molecule has 0 aliphatic heterocycles. The van der Waals surface area contributed by atoms with Crippen LogP contribution in [-0.2, 0) is 32.1 Å². The van der Waals surface area contributed by atoms with Gasteiger partial charge in [0.25, 0.3) is 0 Å². The minimum Gasteiger partial charge on any atom is -0.480 e. The summed E-state index contributed by atoms with van der Waals surface area (Å²) in [6.45, 7) is -0.720. The molecular weight excluding hydrogens is 402 g/mol. The Balaban J connectivity index is 1.64. The molecule has 0 unspecified atom stereocenters. The summed E-state index contributed by atoms with van der Waals surface area (Å²) in [6, 6.07) is 17.3. The highest BCUT2D eigenvalue weighted by Gasteiger charge is 2.20. The van der Waals surface area contributed by atoms with Gasteiger partial charge in [-0.2, -0.15) is 0 Å². The molecule has 0 radical (unpaired) electrons. The van der Waals surface area contributed by atoms with E-state index in [2.05, 4.69) is 16.0 Å². The minimum atomic E-state index is -1.15. The highest BCUT2D eigenvalue weighted by molar-refractivity contribution is 5.89. The van der Waals surface area contributed by atoms with E-state index < -0.39 is 36.5 Å². The van der Waals surface area contributed by atoms with Gasteiger partial charge in [0.2, 0.25) is 11.8 Å². The molecule has 2 aromatic carbocycles. The van der Waals surface area contributed by atoms with Gasteiger partial charge in [0.15, 0.2) is 0 Å². The van der Waals surface area contributed by atoms with Crippen LogP contribution in [0.3, 0.4) is 0 Å². The van der Waals surface area contributed by atoms with Gasteiger partial charge in [-0.1, -0.05) is 60.7 Å². The maximum absolute atomic E-state index is 12.0. The standard InChI is InChI=1S/C22H25N3O6/c26-19(13-24-22(30)31-15-17-9-5-2-6-10-17)23-14-20(27)25-18(21(28)29)12-11-16-7-3-1-4-8-16/h1-10,18H,11-15H2,(H,23,26)(H,24,30)(H,25,27)(H,28,29)/t18-/m0/s1. The van der Waals surface area contributed by atoms with Crippen LogP contribution >= 0.6 is 0 Å². The third-order valence-corrected chi connectivity index (χ3v) is 4.25. The van der Waals surface area contributed by atoms with Crippen LogP contribution in [0.25, 0.3) is 0 Å². The highest BCUT2D eigenvalue weighted by atomic mass is 16.5. The van der Waals surface area contributed by atoms with E-state index in [1.54, 1.807) is 12.1 Å². The smallest absolute Gasteiger partial charge is 0.407 e. The van der Waals surface area contributed by atoms with E-state index in [1.165, 1.54) is 0 Å². The summed E-state index contributed by atoms with van der Waals surface area (Å²) in [5.41, 5.74) is 1.76. The number of hydrogen-bond donors (Lipinski definition) is 4. The van der Waals surface area contributed by atoms with Crippen molar-refractivity contribution in [3.8, 4) is 0 Å². The average Bonchev–Trinajstić information content (AvgIpc) is 2.78. The molecule has 9 nitrogen and oxygen atoms in total. The van der Waals surface area contributed by atoms with Crippen molar-refractivity contribution in [3.63, 3.8) is 0 Å². The third-order valence-electron chi connectivity index (χ3n) is 4.25. The molecule has 2 aromatic rings. The summed E-state index contributed by atoms with van der Waals surface area (Å²) in [5, 5.41) is 16.3. The Morgan fingerprint density at radius 1 is 0.806 bits per heavy atom. The number of benzene rings is 2. The molecule has 0 aromatic heterocycles. The summed E-state index contributed by atoms with van der Waals surface area (Å²) in [6.07, 6.45) is -0.0665. The van der Waals surface area contributed by atoms with Crippen molar-refractivity contribution < 1.29 is 29.0 Å². The fourth-order valence-electron chi connectivity index (χ4n) is 2.63. The molecule has 4 N–H and O–H groups in total. The molecule has 0 spiro atoms. The Hall–Kier alpha value is -3.88. The van der Waals surface area contributed by atoms with Crippen LogP contribution < -0.4 is 16.0 Å². The summed E-state index contributed by atoms with van der Waals surface area (Å²) >= 11 is 0. The summed E-state index contributed by atoms with van der Waals surface area (Å²) in [7, 11) is 0. The number of carbonyl (C=O) groups excluding carboxylic acids is 3. The van der Waals surface area contributed by atoms with Gasteiger partial charge < -0.3 is 25.8 Å². The fourth-order valence-corrected chi connectivity index (χ4v) is 2.63. The Bertz CT molecular complexity index is 873. The predicted octanol–water partition coefficient (Wildman–Crippen LogP) is 1.23. The fraction of sp³-hybridized carbons (Fsp3) is 0.273. The molecule has 0 saturated heterocycles. The van der Waals surface area contributed by atoms with Gasteiger partial charge in [-0.25, -0.2) is 9.59 Å². The van der Waals surface area contributed by atoms with Gasteiger partial charge in [-0.05, 0) is 24.0 Å². The largest absolute Gasteiger partial charge is 0.480 e. The SMILES string of the molecule is O=C(CNC(=O)OCc1ccccc1)NCC(=O)N[C@@H](CCc1ccccc1)C(=O)O. The van der Waals surface area contributed by atoms with E-state index in [4.69, 9.17) is 4.74 Å². The van der Waals surface area contributed by atoms with Crippen LogP contribution in [0.4, 0.5) is 4.79 Å². The van der Waals surface area contributed by atoms with E-state index in [1.807, 2.05) is 48.5 Å². The zero-order chi connectivity index (χ0) is 22.5. The Kier molecular flexibility index (Phi) is 9.54. The number of ether oxygens (including phenoxy) is 1. The number of aliphatic carboxylic acids is 1. The lowest BCUT2D eigenvalue weighted by atomic mass is 10.1. The lowest BCUT2D eigenvalue weighted by Crippen LogP contribution is -2.47. The van der Waals surface area contributed by atoms with Gasteiger partial charge in [0, 0.05) is 0 Å². The molecule has 0 fully saturated rings. The number of alkyl carbamates (subject to hydrolysis) is 1.